The van der Waals surface area contributed by atoms with Crippen LogP contribution in [0.5, 0.6) is 0 Å². The molecule has 4 nitrogen and oxygen atoms in total. The van der Waals surface area contributed by atoms with Gasteiger partial charge in [0.25, 0.3) is 0 Å². The lowest BCUT2D eigenvalue weighted by Crippen LogP contribution is -2.24. The summed E-state index contributed by atoms with van der Waals surface area (Å²) in [6.45, 7) is 1.94. The largest absolute Gasteiger partial charge is 0.374 e. The number of hydrogen-bond donors (Lipinski definition) is 0. The second-order valence-corrected chi connectivity index (χ2v) is 3.23. The molecule has 1 unspecified atom stereocenters. The smallest absolute Gasteiger partial charge is 0.169 e. The standard InChI is InChI=1S/C10H16N2O2/c1-4-9(14-3)8(13)7-10-11-5-6-12(10)2/h5-6,9H,4,7H2,1-3H3. The number of carbonyl (C=O) groups is 1. The third-order valence-electron chi connectivity index (χ3n) is 2.27. The number of ketones is 1. The zero-order valence-corrected chi connectivity index (χ0v) is 8.86. The number of imidazole rings is 1. The average molecular weight is 196 g/mol. The van der Waals surface area contributed by atoms with Gasteiger partial charge in [-0.25, -0.2) is 4.98 Å². The second-order valence-electron chi connectivity index (χ2n) is 3.23. The van der Waals surface area contributed by atoms with Gasteiger partial charge in [0.2, 0.25) is 0 Å². The summed E-state index contributed by atoms with van der Waals surface area (Å²) in [5.41, 5.74) is 0. The van der Waals surface area contributed by atoms with Crippen LogP contribution in [0, 0.1) is 0 Å². The molecule has 0 aliphatic carbocycles. The van der Waals surface area contributed by atoms with Crippen molar-refractivity contribution in [3.63, 3.8) is 0 Å². The van der Waals surface area contributed by atoms with E-state index in [1.165, 1.54) is 0 Å². The maximum Gasteiger partial charge on any atom is 0.169 e. The van der Waals surface area contributed by atoms with Gasteiger partial charge in [0.15, 0.2) is 5.78 Å². The van der Waals surface area contributed by atoms with Gasteiger partial charge in [-0.15, -0.1) is 0 Å². The van der Waals surface area contributed by atoms with Crippen LogP contribution in [0.25, 0.3) is 0 Å². The molecule has 4 heteroatoms. The Balaban J connectivity index is 2.61. The predicted octanol–water partition coefficient (Wildman–Crippen LogP) is 0.957. The van der Waals surface area contributed by atoms with Crippen molar-refractivity contribution in [3.05, 3.63) is 18.2 Å². The van der Waals surface area contributed by atoms with Crippen LogP contribution in [0.3, 0.4) is 0 Å². The van der Waals surface area contributed by atoms with E-state index in [2.05, 4.69) is 4.98 Å². The number of nitrogens with zero attached hydrogens (tertiary/aromatic N) is 2. The highest BCUT2D eigenvalue weighted by atomic mass is 16.5. The molecule has 1 heterocycles. The molecule has 1 aromatic heterocycles. The van der Waals surface area contributed by atoms with Crippen LogP contribution in [0.2, 0.25) is 0 Å². The fourth-order valence-corrected chi connectivity index (χ4v) is 1.36. The summed E-state index contributed by atoms with van der Waals surface area (Å²) in [5, 5.41) is 0. The van der Waals surface area contributed by atoms with Gasteiger partial charge >= 0.3 is 0 Å². The third kappa shape index (κ3) is 2.42. The Morgan fingerprint density at radius 3 is 2.86 bits per heavy atom. The Labute approximate surface area is 83.9 Å². The van der Waals surface area contributed by atoms with E-state index in [1.54, 1.807) is 13.3 Å². The monoisotopic (exact) mass is 196 g/mol. The van der Waals surface area contributed by atoms with Gasteiger partial charge in [-0.3, -0.25) is 4.79 Å². The molecule has 1 rings (SSSR count). The van der Waals surface area contributed by atoms with E-state index in [-0.39, 0.29) is 11.9 Å². The summed E-state index contributed by atoms with van der Waals surface area (Å²) in [6, 6.07) is 0. The third-order valence-corrected chi connectivity index (χ3v) is 2.27. The number of Topliss-reactive ketones (excluding diaryl/α,β-unsaturated/α-hetero) is 1. The van der Waals surface area contributed by atoms with E-state index >= 15 is 0 Å². The number of hydrogen-bond acceptors (Lipinski definition) is 3. The first kappa shape index (κ1) is 10.9. The maximum absolute atomic E-state index is 11.6. The van der Waals surface area contributed by atoms with E-state index in [0.717, 1.165) is 5.82 Å². The van der Waals surface area contributed by atoms with Crippen LogP contribution >= 0.6 is 0 Å². The summed E-state index contributed by atoms with van der Waals surface area (Å²) in [6.07, 6.45) is 4.27. The van der Waals surface area contributed by atoms with Crippen molar-refractivity contribution in [2.45, 2.75) is 25.9 Å². The fourth-order valence-electron chi connectivity index (χ4n) is 1.36. The number of rotatable bonds is 5. The first-order valence-electron chi connectivity index (χ1n) is 4.70. The molecule has 0 bridgehead atoms. The van der Waals surface area contributed by atoms with Crippen molar-refractivity contribution in [1.29, 1.82) is 0 Å². The van der Waals surface area contributed by atoms with E-state index in [1.807, 2.05) is 24.7 Å². The number of aromatic nitrogens is 2. The van der Waals surface area contributed by atoms with Gasteiger partial charge in [0.1, 0.15) is 11.9 Å². The minimum Gasteiger partial charge on any atom is -0.374 e. The summed E-state index contributed by atoms with van der Waals surface area (Å²) in [4.78, 5) is 15.7. The Morgan fingerprint density at radius 2 is 2.43 bits per heavy atom. The zero-order valence-electron chi connectivity index (χ0n) is 8.86. The average Bonchev–Trinajstić information content (AvgIpc) is 2.54. The topological polar surface area (TPSA) is 44.1 Å². The van der Waals surface area contributed by atoms with Gasteiger partial charge in [0, 0.05) is 26.6 Å². The van der Waals surface area contributed by atoms with Gasteiger partial charge in [0.05, 0.1) is 6.42 Å². The molecule has 0 N–H and O–H groups in total. The quantitative estimate of drug-likeness (QED) is 0.704. The first-order valence-corrected chi connectivity index (χ1v) is 4.70. The van der Waals surface area contributed by atoms with Crippen LogP contribution in [-0.4, -0.2) is 28.5 Å². The molecule has 0 radical (unpaired) electrons. The Hall–Kier alpha value is -1.16. The van der Waals surface area contributed by atoms with Crippen LogP contribution in [-0.2, 0) is 23.0 Å². The Morgan fingerprint density at radius 1 is 1.71 bits per heavy atom. The van der Waals surface area contributed by atoms with Crippen LogP contribution < -0.4 is 0 Å². The van der Waals surface area contributed by atoms with E-state index in [4.69, 9.17) is 4.74 Å². The van der Waals surface area contributed by atoms with Crippen LogP contribution in [0.1, 0.15) is 19.2 Å². The summed E-state index contributed by atoms with van der Waals surface area (Å²) in [5.74, 6) is 0.870. The molecule has 0 saturated carbocycles. The molecular weight excluding hydrogens is 180 g/mol. The summed E-state index contributed by atoms with van der Waals surface area (Å²) in [7, 11) is 3.44. The van der Waals surface area contributed by atoms with Crippen molar-refractivity contribution in [2.24, 2.45) is 7.05 Å². The minimum absolute atomic E-state index is 0.0873. The highest BCUT2D eigenvalue weighted by molar-refractivity contribution is 5.84. The molecule has 78 valence electrons. The predicted molar refractivity (Wildman–Crippen MR) is 53.0 cm³/mol. The van der Waals surface area contributed by atoms with Gasteiger partial charge in [-0.05, 0) is 6.42 Å². The molecule has 0 saturated heterocycles. The number of aryl methyl sites for hydroxylation is 1. The summed E-state index contributed by atoms with van der Waals surface area (Å²) >= 11 is 0. The molecule has 0 fully saturated rings. The SMILES string of the molecule is CCC(OC)C(=O)Cc1nccn1C. The van der Waals surface area contributed by atoms with Crippen molar-refractivity contribution in [2.75, 3.05) is 7.11 Å². The molecular formula is C10H16N2O2. The summed E-state index contributed by atoms with van der Waals surface area (Å²) < 4.78 is 6.91. The van der Waals surface area contributed by atoms with Crippen LogP contribution in [0.15, 0.2) is 12.4 Å². The lowest BCUT2D eigenvalue weighted by atomic mass is 10.1. The number of methoxy groups -OCH3 is 1. The minimum atomic E-state index is -0.299. The van der Waals surface area contributed by atoms with Crippen LogP contribution in [0.4, 0.5) is 0 Å². The van der Waals surface area contributed by atoms with Gasteiger partial charge in [-0.1, -0.05) is 6.92 Å². The Bertz CT molecular complexity index is 303. The molecule has 14 heavy (non-hydrogen) atoms. The van der Waals surface area contributed by atoms with Crippen molar-refractivity contribution < 1.29 is 9.53 Å². The zero-order chi connectivity index (χ0) is 10.6. The Kier molecular flexibility index (Phi) is 3.83. The maximum atomic E-state index is 11.6. The second kappa shape index (κ2) is 4.91. The van der Waals surface area contributed by atoms with E-state index in [9.17, 15) is 4.79 Å². The first-order chi connectivity index (χ1) is 6.69. The lowest BCUT2D eigenvalue weighted by molar-refractivity contribution is -0.128. The highest BCUT2D eigenvalue weighted by Crippen LogP contribution is 2.04. The molecule has 1 atom stereocenters. The molecule has 0 aliphatic rings. The number of carbonyl (C=O) groups excluding carboxylic acids is 1. The molecule has 1 aromatic rings. The molecule has 0 aliphatic heterocycles. The molecule has 0 amide bonds. The van der Waals surface area contributed by atoms with Crippen molar-refractivity contribution >= 4 is 5.78 Å². The normalized spacial score (nSPS) is 12.8. The molecule has 0 aromatic carbocycles. The van der Waals surface area contributed by atoms with Crippen molar-refractivity contribution in [1.82, 2.24) is 9.55 Å². The van der Waals surface area contributed by atoms with Gasteiger partial charge < -0.3 is 9.30 Å². The van der Waals surface area contributed by atoms with E-state index in [0.29, 0.717) is 12.8 Å². The van der Waals surface area contributed by atoms with E-state index < -0.39 is 0 Å². The fraction of sp³-hybridized carbons (Fsp3) is 0.600. The highest BCUT2D eigenvalue weighted by Gasteiger charge is 2.17. The lowest BCUT2D eigenvalue weighted by Gasteiger charge is -2.10. The van der Waals surface area contributed by atoms with Gasteiger partial charge in [-0.2, -0.15) is 0 Å². The van der Waals surface area contributed by atoms with Crippen molar-refractivity contribution in [3.8, 4) is 0 Å². The molecule has 0 spiro atoms. The number of ether oxygens (including phenoxy) is 1.